The maximum absolute atomic E-state index is 9.71. The highest BCUT2D eigenvalue weighted by Crippen LogP contribution is 2.12. The van der Waals surface area contributed by atoms with Crippen molar-refractivity contribution in [2.45, 2.75) is 149 Å². The van der Waals surface area contributed by atoms with Crippen LogP contribution in [0.3, 0.4) is 0 Å². The van der Waals surface area contributed by atoms with Gasteiger partial charge in [0.05, 0.1) is 0 Å². The smallest absolute Gasteiger partial charge is 0.402 e. The van der Waals surface area contributed by atoms with Gasteiger partial charge in [-0.3, -0.25) is 0 Å². The highest BCUT2D eigenvalue weighted by molar-refractivity contribution is 6.34. The van der Waals surface area contributed by atoms with E-state index in [1.165, 1.54) is 122 Å². The summed E-state index contributed by atoms with van der Waals surface area (Å²) >= 11 is 0. The summed E-state index contributed by atoms with van der Waals surface area (Å²) < 4.78 is 10.7. The topological polar surface area (TPSA) is 38.7 Å². The van der Waals surface area contributed by atoms with Gasteiger partial charge >= 0.3 is 7.32 Å². The number of hydrogen-bond acceptors (Lipinski definition) is 3. The van der Waals surface area contributed by atoms with Gasteiger partial charge in [-0.25, -0.2) is 0 Å². The minimum Gasteiger partial charge on any atom is -0.402 e. The summed E-state index contributed by atoms with van der Waals surface area (Å²) in [6.07, 6.45) is 27.7. The van der Waals surface area contributed by atoms with E-state index in [0.717, 1.165) is 12.8 Å². The fourth-order valence-electron chi connectivity index (χ4n) is 3.77. The lowest BCUT2D eigenvalue weighted by atomic mass is 10.1. The Morgan fingerprint density at radius 2 is 0.655 bits per heavy atom. The van der Waals surface area contributed by atoms with Crippen LogP contribution in [0.15, 0.2) is 0 Å². The highest BCUT2D eigenvalue weighted by Gasteiger charge is 2.14. The molecular weight excluding hydrogens is 359 g/mol. The summed E-state index contributed by atoms with van der Waals surface area (Å²) in [7, 11) is -1.03. The van der Waals surface area contributed by atoms with E-state index in [-0.39, 0.29) is 0 Å². The second-order valence-electron chi connectivity index (χ2n) is 8.77. The van der Waals surface area contributed by atoms with Crippen molar-refractivity contribution in [2.75, 3.05) is 13.2 Å². The van der Waals surface area contributed by atoms with Gasteiger partial charge in [-0.1, -0.05) is 136 Å². The van der Waals surface area contributed by atoms with Crippen LogP contribution < -0.4 is 0 Å². The Bertz CT molecular complexity index is 289. The van der Waals surface area contributed by atoms with Crippen LogP contribution in [0.2, 0.25) is 0 Å². The van der Waals surface area contributed by atoms with Gasteiger partial charge in [0.25, 0.3) is 0 Å². The molecule has 0 aliphatic heterocycles. The average molecular weight is 413 g/mol. The van der Waals surface area contributed by atoms with Gasteiger partial charge in [0.2, 0.25) is 0 Å². The normalized spacial score (nSPS) is 11.3. The highest BCUT2D eigenvalue weighted by atomic mass is 16.7. The second kappa shape index (κ2) is 26.0. The molecule has 0 aliphatic rings. The van der Waals surface area contributed by atoms with Crippen LogP contribution in [-0.4, -0.2) is 25.6 Å². The zero-order chi connectivity index (χ0) is 21.3. The third kappa shape index (κ3) is 25.9. The molecule has 0 aromatic carbocycles. The van der Waals surface area contributed by atoms with Crippen molar-refractivity contribution in [3.8, 4) is 0 Å². The molecule has 0 spiro atoms. The zero-order valence-electron chi connectivity index (χ0n) is 20.1. The fourth-order valence-corrected chi connectivity index (χ4v) is 3.77. The molecule has 0 atom stereocenters. The molecule has 0 rings (SSSR count). The Balaban J connectivity index is 3.12. The Labute approximate surface area is 183 Å². The summed E-state index contributed by atoms with van der Waals surface area (Å²) in [6, 6.07) is 0. The Kier molecular flexibility index (Phi) is 25.9. The number of unbranched alkanes of at least 4 members (excludes halogenated alkanes) is 19. The molecule has 1 N–H and O–H groups in total. The maximum Gasteiger partial charge on any atom is 0.636 e. The Morgan fingerprint density at radius 3 is 0.931 bits per heavy atom. The predicted molar refractivity (Wildman–Crippen MR) is 128 cm³/mol. The van der Waals surface area contributed by atoms with Gasteiger partial charge in [-0.15, -0.1) is 0 Å². The first kappa shape index (κ1) is 28.9. The Morgan fingerprint density at radius 1 is 0.414 bits per heavy atom. The van der Waals surface area contributed by atoms with E-state index in [4.69, 9.17) is 9.31 Å². The summed E-state index contributed by atoms with van der Waals surface area (Å²) in [6.45, 7) is 5.75. The van der Waals surface area contributed by atoms with Crippen molar-refractivity contribution in [2.24, 2.45) is 0 Å². The van der Waals surface area contributed by atoms with Crippen LogP contribution in [0.1, 0.15) is 149 Å². The first-order chi connectivity index (χ1) is 14.3. The standard InChI is InChI=1S/C25H53BO3/c1-3-5-7-9-11-13-14-15-17-19-21-23-25-29-26(27)28-24-22-20-18-16-12-10-8-6-4-2/h27H,3-25H2,1-2H3. The fraction of sp³-hybridized carbons (Fsp3) is 1.00. The second-order valence-corrected chi connectivity index (χ2v) is 8.77. The SMILES string of the molecule is CCCCCCCCCCCCCCOB(O)OCCCCCCCCCCC. The van der Waals surface area contributed by atoms with Crippen LogP contribution in [0.25, 0.3) is 0 Å². The Hall–Kier alpha value is -0.0551. The first-order valence-corrected chi connectivity index (χ1v) is 13.2. The molecule has 0 saturated carbocycles. The third-order valence-corrected chi connectivity index (χ3v) is 5.77. The van der Waals surface area contributed by atoms with E-state index in [2.05, 4.69) is 13.8 Å². The van der Waals surface area contributed by atoms with Gasteiger partial charge in [-0.2, -0.15) is 0 Å². The van der Waals surface area contributed by atoms with Gasteiger partial charge in [0.1, 0.15) is 0 Å². The predicted octanol–water partition coefficient (Wildman–Crippen LogP) is 8.23. The zero-order valence-corrected chi connectivity index (χ0v) is 20.1. The van der Waals surface area contributed by atoms with Crippen molar-refractivity contribution in [1.82, 2.24) is 0 Å². The van der Waals surface area contributed by atoms with Crippen molar-refractivity contribution in [3.63, 3.8) is 0 Å². The lowest BCUT2D eigenvalue weighted by Crippen LogP contribution is -2.23. The molecule has 0 radical (unpaired) electrons. The van der Waals surface area contributed by atoms with E-state index < -0.39 is 7.32 Å². The first-order valence-electron chi connectivity index (χ1n) is 13.2. The van der Waals surface area contributed by atoms with Crippen molar-refractivity contribution in [1.29, 1.82) is 0 Å². The molecule has 0 saturated heterocycles. The van der Waals surface area contributed by atoms with Gasteiger partial charge in [0.15, 0.2) is 0 Å². The van der Waals surface area contributed by atoms with E-state index in [0.29, 0.717) is 13.2 Å². The molecule has 3 nitrogen and oxygen atoms in total. The van der Waals surface area contributed by atoms with Gasteiger partial charge < -0.3 is 14.3 Å². The van der Waals surface area contributed by atoms with Crippen LogP contribution in [0.5, 0.6) is 0 Å². The molecule has 4 heteroatoms. The molecule has 0 aromatic heterocycles. The van der Waals surface area contributed by atoms with Crippen LogP contribution in [0.4, 0.5) is 0 Å². The summed E-state index contributed by atoms with van der Waals surface area (Å²) in [4.78, 5) is 0. The summed E-state index contributed by atoms with van der Waals surface area (Å²) in [5.74, 6) is 0. The van der Waals surface area contributed by atoms with E-state index in [9.17, 15) is 5.02 Å². The molecule has 29 heavy (non-hydrogen) atoms. The maximum atomic E-state index is 9.71. The van der Waals surface area contributed by atoms with Crippen molar-refractivity contribution >= 4 is 7.32 Å². The lowest BCUT2D eigenvalue weighted by Gasteiger charge is -2.09. The lowest BCUT2D eigenvalue weighted by molar-refractivity contribution is 0.128. The number of hydrogen-bond donors (Lipinski definition) is 1. The van der Waals surface area contributed by atoms with E-state index in [1.54, 1.807) is 0 Å². The van der Waals surface area contributed by atoms with Crippen molar-refractivity contribution < 1.29 is 14.3 Å². The van der Waals surface area contributed by atoms with Crippen LogP contribution >= 0.6 is 0 Å². The van der Waals surface area contributed by atoms with Crippen molar-refractivity contribution in [3.05, 3.63) is 0 Å². The molecule has 0 aliphatic carbocycles. The molecule has 0 fully saturated rings. The minimum atomic E-state index is -1.03. The van der Waals surface area contributed by atoms with E-state index >= 15 is 0 Å². The van der Waals surface area contributed by atoms with Crippen LogP contribution in [0, 0.1) is 0 Å². The summed E-state index contributed by atoms with van der Waals surface area (Å²) in [5, 5.41) is 9.71. The average Bonchev–Trinajstić information content (AvgIpc) is 2.72. The largest absolute Gasteiger partial charge is 0.636 e. The number of rotatable bonds is 25. The monoisotopic (exact) mass is 412 g/mol. The molecular formula is C25H53BO3. The molecule has 0 unspecified atom stereocenters. The molecule has 0 heterocycles. The molecule has 0 aromatic rings. The van der Waals surface area contributed by atoms with E-state index in [1.807, 2.05) is 0 Å². The third-order valence-electron chi connectivity index (χ3n) is 5.77. The molecule has 174 valence electrons. The molecule has 0 bridgehead atoms. The summed E-state index contributed by atoms with van der Waals surface area (Å²) in [5.41, 5.74) is 0. The van der Waals surface area contributed by atoms with Crippen LogP contribution in [-0.2, 0) is 9.31 Å². The molecule has 0 amide bonds. The quantitative estimate of drug-likeness (QED) is 0.121. The van der Waals surface area contributed by atoms with Gasteiger partial charge in [0, 0.05) is 13.2 Å². The minimum absolute atomic E-state index is 0.607. The van der Waals surface area contributed by atoms with Gasteiger partial charge in [-0.05, 0) is 12.8 Å².